The zero-order valence-electron chi connectivity index (χ0n) is 11.5. The second-order valence-electron chi connectivity index (χ2n) is 4.95. The highest BCUT2D eigenvalue weighted by atomic mass is 16.6. The summed E-state index contributed by atoms with van der Waals surface area (Å²) in [5.74, 6) is 0.585. The van der Waals surface area contributed by atoms with Gasteiger partial charge in [0, 0.05) is 26.2 Å². The summed E-state index contributed by atoms with van der Waals surface area (Å²) in [4.78, 5) is 16.8. The van der Waals surface area contributed by atoms with E-state index >= 15 is 0 Å². The monoisotopic (exact) mass is 267 g/mol. The first kappa shape index (κ1) is 13.8. The van der Waals surface area contributed by atoms with Crippen molar-refractivity contribution in [2.75, 3.05) is 24.5 Å². The van der Waals surface area contributed by atoms with Gasteiger partial charge in [0.2, 0.25) is 12.1 Å². The van der Waals surface area contributed by atoms with E-state index in [2.05, 4.69) is 22.1 Å². The maximum absolute atomic E-state index is 11.1. The van der Waals surface area contributed by atoms with Gasteiger partial charge in [0.1, 0.15) is 0 Å². The third-order valence-electron chi connectivity index (χ3n) is 3.51. The molecule has 1 N–H and O–H groups in total. The Hall–Kier alpha value is -1.63. The van der Waals surface area contributed by atoms with E-state index in [-0.39, 0.29) is 5.82 Å². The lowest BCUT2D eigenvalue weighted by atomic mass is 10.1. The molecule has 0 saturated carbocycles. The molecule has 1 atom stereocenters. The summed E-state index contributed by atoms with van der Waals surface area (Å²) in [6.45, 7) is 4.81. The molecule has 0 aliphatic carbocycles. The fourth-order valence-corrected chi connectivity index (χ4v) is 2.67. The Kier molecular flexibility index (Phi) is 4.36. The van der Waals surface area contributed by atoms with Crippen LogP contribution in [-0.4, -0.2) is 40.2 Å². The van der Waals surface area contributed by atoms with Gasteiger partial charge in [-0.25, -0.2) is 0 Å². The van der Waals surface area contributed by atoms with Crippen LogP contribution in [0.15, 0.2) is 6.33 Å². The predicted molar refractivity (Wildman–Crippen MR) is 73.4 cm³/mol. The number of aromatic nitrogens is 2. The van der Waals surface area contributed by atoms with E-state index in [0.29, 0.717) is 11.9 Å². The average Bonchev–Trinajstić information content (AvgIpc) is 2.79. The minimum Gasteiger partial charge on any atom is -0.358 e. The highest BCUT2D eigenvalue weighted by molar-refractivity contribution is 5.55. The summed E-state index contributed by atoms with van der Waals surface area (Å²) in [6, 6.07) is 0.308. The van der Waals surface area contributed by atoms with Crippen LogP contribution in [-0.2, 0) is 7.05 Å². The molecule has 1 aliphatic rings. The summed E-state index contributed by atoms with van der Waals surface area (Å²) < 4.78 is 1.75. The zero-order chi connectivity index (χ0) is 13.8. The lowest BCUT2D eigenvalue weighted by molar-refractivity contribution is -0.388. The van der Waals surface area contributed by atoms with Gasteiger partial charge in [-0.2, -0.15) is 0 Å². The van der Waals surface area contributed by atoms with E-state index in [1.807, 2.05) is 7.05 Å². The molecule has 1 saturated heterocycles. The van der Waals surface area contributed by atoms with Crippen LogP contribution in [0.2, 0.25) is 0 Å². The molecule has 1 fully saturated rings. The van der Waals surface area contributed by atoms with Crippen molar-refractivity contribution in [3.05, 3.63) is 16.4 Å². The first-order chi connectivity index (χ1) is 9.15. The Morgan fingerprint density at radius 2 is 2.47 bits per heavy atom. The Bertz CT molecular complexity index is 439. The largest absolute Gasteiger partial charge is 0.406 e. The van der Waals surface area contributed by atoms with Crippen LogP contribution in [0.4, 0.5) is 11.6 Å². The lowest BCUT2D eigenvalue weighted by Gasteiger charge is -2.35. The van der Waals surface area contributed by atoms with Crippen molar-refractivity contribution in [2.24, 2.45) is 7.05 Å². The number of hydrogen-bond donors (Lipinski definition) is 1. The minimum absolute atomic E-state index is 0.0403. The van der Waals surface area contributed by atoms with E-state index in [1.54, 1.807) is 4.57 Å². The van der Waals surface area contributed by atoms with Crippen LogP contribution >= 0.6 is 0 Å². The number of aryl methyl sites for hydroxylation is 1. The molecular formula is C12H21N5O2. The van der Waals surface area contributed by atoms with Gasteiger partial charge in [0.25, 0.3) is 0 Å². The summed E-state index contributed by atoms with van der Waals surface area (Å²) in [5, 5.41) is 14.5. The highest BCUT2D eigenvalue weighted by Crippen LogP contribution is 2.29. The number of anilines is 1. The summed E-state index contributed by atoms with van der Waals surface area (Å²) in [6.07, 6.45) is 4.65. The summed E-state index contributed by atoms with van der Waals surface area (Å²) >= 11 is 0. The number of rotatable bonds is 5. The lowest BCUT2D eigenvalue weighted by Crippen LogP contribution is -2.47. The Morgan fingerprint density at radius 1 is 1.68 bits per heavy atom. The van der Waals surface area contributed by atoms with Crippen molar-refractivity contribution in [3.8, 4) is 0 Å². The Labute approximate surface area is 112 Å². The number of nitrogens with one attached hydrogen (secondary N) is 1. The molecule has 1 unspecified atom stereocenters. The molecule has 1 aromatic rings. The second-order valence-corrected chi connectivity index (χ2v) is 4.95. The molecule has 0 radical (unpaired) electrons. The van der Waals surface area contributed by atoms with Crippen LogP contribution < -0.4 is 10.2 Å². The molecule has 1 aliphatic heterocycles. The van der Waals surface area contributed by atoms with Crippen LogP contribution in [0, 0.1) is 10.1 Å². The SMILES string of the molecule is CCCN(c1c([N+](=O)[O-])ncn1C)C1CCCNC1. The van der Waals surface area contributed by atoms with Crippen molar-refractivity contribution >= 4 is 11.6 Å². The fraction of sp³-hybridized carbons (Fsp3) is 0.750. The van der Waals surface area contributed by atoms with Crippen molar-refractivity contribution in [1.29, 1.82) is 0 Å². The standard InChI is InChI=1S/C12H21N5O2/c1-3-7-16(10-5-4-6-13-8-10)12-11(17(18)19)14-9-15(12)2/h9-10,13H,3-8H2,1-2H3. The molecule has 0 aromatic carbocycles. The number of hydrogen-bond acceptors (Lipinski definition) is 5. The van der Waals surface area contributed by atoms with Crippen molar-refractivity contribution < 1.29 is 4.92 Å². The molecule has 7 nitrogen and oxygen atoms in total. The van der Waals surface area contributed by atoms with Crippen LogP contribution in [0.25, 0.3) is 0 Å². The second kappa shape index (κ2) is 6.01. The van der Waals surface area contributed by atoms with Gasteiger partial charge in [-0.1, -0.05) is 6.92 Å². The van der Waals surface area contributed by atoms with Gasteiger partial charge in [-0.3, -0.25) is 4.57 Å². The maximum atomic E-state index is 11.1. The van der Waals surface area contributed by atoms with E-state index in [9.17, 15) is 10.1 Å². The number of imidazole rings is 1. The van der Waals surface area contributed by atoms with Gasteiger partial charge in [-0.05, 0) is 35.7 Å². The van der Waals surface area contributed by atoms with Gasteiger partial charge in [0.15, 0.2) is 0 Å². The van der Waals surface area contributed by atoms with E-state index < -0.39 is 4.92 Å². The average molecular weight is 267 g/mol. The molecule has 106 valence electrons. The van der Waals surface area contributed by atoms with E-state index in [4.69, 9.17) is 0 Å². The van der Waals surface area contributed by atoms with Crippen LogP contribution in [0.5, 0.6) is 0 Å². The summed E-state index contributed by atoms with van der Waals surface area (Å²) in [7, 11) is 1.81. The topological polar surface area (TPSA) is 76.2 Å². The van der Waals surface area contributed by atoms with Gasteiger partial charge < -0.3 is 20.3 Å². The molecule has 0 amide bonds. The van der Waals surface area contributed by atoms with E-state index in [0.717, 1.165) is 38.9 Å². The van der Waals surface area contributed by atoms with Gasteiger partial charge in [-0.15, -0.1) is 0 Å². The first-order valence-electron chi connectivity index (χ1n) is 6.78. The number of nitro groups is 1. The van der Waals surface area contributed by atoms with Gasteiger partial charge >= 0.3 is 5.82 Å². The van der Waals surface area contributed by atoms with Crippen molar-refractivity contribution in [2.45, 2.75) is 32.2 Å². The smallest absolute Gasteiger partial charge is 0.358 e. The molecule has 1 aromatic heterocycles. The van der Waals surface area contributed by atoms with Crippen molar-refractivity contribution in [3.63, 3.8) is 0 Å². The quantitative estimate of drug-likeness (QED) is 0.642. The van der Waals surface area contributed by atoms with Crippen LogP contribution in [0.1, 0.15) is 26.2 Å². The highest BCUT2D eigenvalue weighted by Gasteiger charge is 2.30. The normalized spacial score (nSPS) is 19.4. The van der Waals surface area contributed by atoms with Crippen LogP contribution in [0.3, 0.4) is 0 Å². The third kappa shape index (κ3) is 2.86. The molecular weight excluding hydrogens is 246 g/mol. The Morgan fingerprint density at radius 3 is 3.05 bits per heavy atom. The van der Waals surface area contributed by atoms with E-state index in [1.165, 1.54) is 6.33 Å². The number of piperidine rings is 1. The molecule has 19 heavy (non-hydrogen) atoms. The summed E-state index contributed by atoms with van der Waals surface area (Å²) in [5.41, 5.74) is 0. The Balaban J connectivity index is 2.32. The first-order valence-corrected chi connectivity index (χ1v) is 6.78. The van der Waals surface area contributed by atoms with Gasteiger partial charge in [0.05, 0.1) is 0 Å². The fourth-order valence-electron chi connectivity index (χ4n) is 2.67. The molecule has 0 bridgehead atoms. The van der Waals surface area contributed by atoms with Crippen molar-refractivity contribution in [1.82, 2.24) is 14.9 Å². The zero-order valence-corrected chi connectivity index (χ0v) is 11.5. The predicted octanol–water partition coefficient (Wildman–Crippen LogP) is 1.30. The molecule has 2 heterocycles. The number of nitrogens with zero attached hydrogens (tertiary/aromatic N) is 4. The molecule has 0 spiro atoms. The maximum Gasteiger partial charge on any atom is 0.406 e. The minimum atomic E-state index is -0.395. The molecule has 7 heteroatoms. The third-order valence-corrected chi connectivity index (χ3v) is 3.51. The molecule has 2 rings (SSSR count).